The molecular formula is C17H34N4O7. The van der Waals surface area contributed by atoms with Gasteiger partial charge in [0.1, 0.15) is 17.8 Å². The maximum Gasteiger partial charge on any atom is 0.253 e. The molecule has 9 atom stereocenters. The van der Waals surface area contributed by atoms with Crippen molar-refractivity contribution in [2.24, 2.45) is 11.5 Å². The van der Waals surface area contributed by atoms with Gasteiger partial charge in [-0.3, -0.25) is 4.79 Å². The molecule has 0 bridgehead atoms. The third-order valence-electron chi connectivity index (χ3n) is 5.40. The summed E-state index contributed by atoms with van der Waals surface area (Å²) in [7, 11) is 1.59. The molecule has 0 spiro atoms. The molecule has 1 saturated carbocycles. The summed E-state index contributed by atoms with van der Waals surface area (Å²) in [5.74, 6) is -0.658. The highest BCUT2D eigenvalue weighted by Crippen LogP contribution is 2.34. The van der Waals surface area contributed by atoms with Gasteiger partial charge in [-0.2, -0.15) is 0 Å². The van der Waals surface area contributed by atoms with Crippen molar-refractivity contribution >= 4 is 5.91 Å². The number of amides is 1. The fourth-order valence-corrected chi connectivity index (χ4v) is 3.54. The summed E-state index contributed by atoms with van der Waals surface area (Å²) >= 11 is 0. The van der Waals surface area contributed by atoms with Gasteiger partial charge in [0.25, 0.3) is 5.91 Å². The Morgan fingerprint density at radius 2 is 2.04 bits per heavy atom. The van der Waals surface area contributed by atoms with E-state index in [2.05, 4.69) is 10.6 Å². The van der Waals surface area contributed by atoms with Gasteiger partial charge in [0.15, 0.2) is 11.9 Å². The Morgan fingerprint density at radius 1 is 1.43 bits per heavy atom. The second kappa shape index (κ2) is 8.86. The topological polar surface area (TPSA) is 193 Å². The van der Waals surface area contributed by atoms with Crippen molar-refractivity contribution in [3.05, 3.63) is 0 Å². The summed E-state index contributed by atoms with van der Waals surface area (Å²) in [6.07, 6.45) is -2.94. The Morgan fingerprint density at radius 3 is 2.50 bits per heavy atom. The highest BCUT2D eigenvalue weighted by molar-refractivity contribution is 5.89. The van der Waals surface area contributed by atoms with Crippen LogP contribution in [0.3, 0.4) is 0 Å². The zero-order valence-corrected chi connectivity index (χ0v) is 16.5. The summed E-state index contributed by atoms with van der Waals surface area (Å²) < 4.78 is 11.2. The standard InChI is InChI=1S/C17H34N4O7/c1-8(18)4-9(21-15(24)17(26)5-11(17)19)10(6-22)28-14-12(23)13(20-3)16(2,25)7-27-14/h8-14,20,22-23,25-26H,4-7,18-19H2,1-3H3,(H,21,24)/t8-,9-,10-,11?,12-,13-,14-,16+,17?/m1/s1. The van der Waals surface area contributed by atoms with Crippen LogP contribution in [-0.2, 0) is 14.3 Å². The molecule has 11 nitrogen and oxygen atoms in total. The van der Waals surface area contributed by atoms with Crippen LogP contribution >= 0.6 is 0 Å². The number of aliphatic hydroxyl groups is 4. The van der Waals surface area contributed by atoms with Crippen LogP contribution in [0.5, 0.6) is 0 Å². The van der Waals surface area contributed by atoms with Gasteiger partial charge in [-0.05, 0) is 27.3 Å². The molecule has 10 N–H and O–H groups in total. The summed E-state index contributed by atoms with van der Waals surface area (Å²) in [6.45, 7) is 2.66. The van der Waals surface area contributed by atoms with Gasteiger partial charge in [0.2, 0.25) is 0 Å². The van der Waals surface area contributed by atoms with Gasteiger partial charge in [-0.15, -0.1) is 0 Å². The molecule has 11 heteroatoms. The van der Waals surface area contributed by atoms with Crippen molar-refractivity contribution in [3.63, 3.8) is 0 Å². The maximum absolute atomic E-state index is 12.3. The molecule has 0 aromatic rings. The zero-order chi connectivity index (χ0) is 21.3. The fourth-order valence-electron chi connectivity index (χ4n) is 3.54. The average molecular weight is 406 g/mol. The lowest BCUT2D eigenvalue weighted by molar-refractivity contribution is -0.285. The Balaban J connectivity index is 2.09. The summed E-state index contributed by atoms with van der Waals surface area (Å²) in [5.41, 5.74) is 8.52. The highest BCUT2D eigenvalue weighted by atomic mass is 16.7. The number of carbonyl (C=O) groups is 1. The molecule has 164 valence electrons. The summed E-state index contributed by atoms with van der Waals surface area (Å²) in [4.78, 5) is 12.3. The van der Waals surface area contributed by atoms with E-state index in [0.717, 1.165) is 0 Å². The average Bonchev–Trinajstić information content (AvgIpc) is 3.21. The molecule has 0 aromatic heterocycles. The first-order valence-electron chi connectivity index (χ1n) is 9.46. The predicted octanol–water partition coefficient (Wildman–Crippen LogP) is -3.90. The Bertz CT molecular complexity index is 550. The van der Waals surface area contributed by atoms with E-state index in [1.54, 1.807) is 14.0 Å². The van der Waals surface area contributed by atoms with Gasteiger partial charge in [-0.1, -0.05) is 0 Å². The predicted molar refractivity (Wildman–Crippen MR) is 98.9 cm³/mol. The number of likely N-dealkylation sites (N-methyl/N-ethyl adjacent to an activating group) is 1. The Kier molecular flexibility index (Phi) is 7.40. The van der Waals surface area contributed by atoms with Crippen molar-refractivity contribution in [1.29, 1.82) is 0 Å². The number of ether oxygens (including phenoxy) is 2. The van der Waals surface area contributed by atoms with Crippen LogP contribution in [0.15, 0.2) is 0 Å². The Labute approximate surface area is 164 Å². The van der Waals surface area contributed by atoms with Crippen molar-refractivity contribution in [2.45, 2.75) is 80.6 Å². The second-order valence-corrected chi connectivity index (χ2v) is 8.18. The van der Waals surface area contributed by atoms with Gasteiger partial charge in [-0.25, -0.2) is 0 Å². The van der Waals surface area contributed by atoms with Crippen LogP contribution in [0.1, 0.15) is 26.7 Å². The lowest BCUT2D eigenvalue weighted by Crippen LogP contribution is -2.66. The normalized spacial score (nSPS) is 41.2. The van der Waals surface area contributed by atoms with E-state index in [0.29, 0.717) is 0 Å². The van der Waals surface area contributed by atoms with Crippen molar-refractivity contribution < 1.29 is 34.7 Å². The quantitative estimate of drug-likeness (QED) is 0.188. The van der Waals surface area contributed by atoms with Gasteiger partial charge < -0.3 is 52.0 Å². The van der Waals surface area contributed by atoms with E-state index in [9.17, 15) is 25.2 Å². The van der Waals surface area contributed by atoms with Crippen LogP contribution in [0.2, 0.25) is 0 Å². The monoisotopic (exact) mass is 406 g/mol. The van der Waals surface area contributed by atoms with Crippen LogP contribution < -0.4 is 22.1 Å². The number of hydrogen-bond acceptors (Lipinski definition) is 10. The molecule has 1 aliphatic heterocycles. The molecule has 2 unspecified atom stereocenters. The third-order valence-corrected chi connectivity index (χ3v) is 5.40. The second-order valence-electron chi connectivity index (χ2n) is 8.18. The highest BCUT2D eigenvalue weighted by Gasteiger charge is 2.57. The molecule has 2 fully saturated rings. The first kappa shape index (κ1) is 23.4. The molecule has 1 aliphatic carbocycles. The summed E-state index contributed by atoms with van der Waals surface area (Å²) in [6, 6.07) is -2.45. The fraction of sp³-hybridized carbons (Fsp3) is 0.941. The maximum atomic E-state index is 12.3. The van der Waals surface area contributed by atoms with E-state index in [1.165, 1.54) is 6.92 Å². The first-order valence-corrected chi connectivity index (χ1v) is 9.46. The number of rotatable bonds is 9. The molecule has 0 radical (unpaired) electrons. The minimum Gasteiger partial charge on any atom is -0.394 e. The van der Waals surface area contributed by atoms with Crippen molar-refractivity contribution in [2.75, 3.05) is 20.3 Å². The van der Waals surface area contributed by atoms with Gasteiger partial charge >= 0.3 is 0 Å². The lowest BCUT2D eigenvalue weighted by atomic mass is 9.90. The Hall–Kier alpha value is -0.890. The molecule has 0 aromatic carbocycles. The largest absolute Gasteiger partial charge is 0.394 e. The van der Waals surface area contributed by atoms with Crippen molar-refractivity contribution in [1.82, 2.24) is 10.6 Å². The van der Waals surface area contributed by atoms with E-state index in [4.69, 9.17) is 20.9 Å². The molecule has 1 saturated heterocycles. The molecular weight excluding hydrogens is 372 g/mol. The van der Waals surface area contributed by atoms with Crippen LogP contribution in [0.4, 0.5) is 0 Å². The number of carbonyl (C=O) groups excluding carboxylic acids is 1. The van der Waals surface area contributed by atoms with Crippen LogP contribution in [-0.4, -0.2) is 100 Å². The van der Waals surface area contributed by atoms with Crippen molar-refractivity contribution in [3.8, 4) is 0 Å². The van der Waals surface area contributed by atoms with Crippen LogP contribution in [0, 0.1) is 0 Å². The van der Waals surface area contributed by atoms with E-state index >= 15 is 0 Å². The number of aliphatic hydroxyl groups excluding tert-OH is 2. The summed E-state index contributed by atoms with van der Waals surface area (Å²) in [5, 5.41) is 46.2. The van der Waals surface area contributed by atoms with Gasteiger partial charge in [0, 0.05) is 18.5 Å². The molecule has 2 aliphatic rings. The molecule has 1 heterocycles. The molecule has 2 rings (SSSR count). The number of hydrogen-bond donors (Lipinski definition) is 8. The SMILES string of the molecule is CN[C@@H]1[C@@H](O)[C@@H](O[C@H](CO)[C@@H](C[C@@H](C)N)NC(=O)C2(O)CC2N)OC[C@]1(C)O. The molecule has 28 heavy (non-hydrogen) atoms. The smallest absolute Gasteiger partial charge is 0.253 e. The zero-order valence-electron chi connectivity index (χ0n) is 16.5. The van der Waals surface area contributed by atoms with E-state index < -0.39 is 60.3 Å². The van der Waals surface area contributed by atoms with E-state index in [1.807, 2.05) is 0 Å². The number of nitrogens with two attached hydrogens (primary N) is 2. The van der Waals surface area contributed by atoms with Gasteiger partial charge in [0.05, 0.1) is 25.3 Å². The third kappa shape index (κ3) is 4.99. The van der Waals surface area contributed by atoms with Crippen LogP contribution in [0.25, 0.3) is 0 Å². The minimum absolute atomic E-state index is 0.0999. The minimum atomic E-state index is -1.63. The molecule has 1 amide bonds. The number of nitrogens with one attached hydrogen (secondary N) is 2. The van der Waals surface area contributed by atoms with E-state index in [-0.39, 0.29) is 25.5 Å². The lowest BCUT2D eigenvalue weighted by Gasteiger charge is -2.45. The first-order chi connectivity index (χ1) is 13.0.